The number of carbonyl (C=O) groups excluding carboxylic acids is 1. The molecule has 1 heterocycles. The van der Waals surface area contributed by atoms with Gasteiger partial charge >= 0.3 is 0 Å². The number of rotatable bonds is 4. The second kappa shape index (κ2) is 5.96. The van der Waals surface area contributed by atoms with E-state index in [-0.39, 0.29) is 24.4 Å². The first-order valence-corrected chi connectivity index (χ1v) is 5.90. The van der Waals surface area contributed by atoms with Crippen LogP contribution >= 0.6 is 0 Å². The zero-order valence-corrected chi connectivity index (χ0v) is 10.4. The Bertz CT molecular complexity index is 719. The molecule has 0 bridgehead atoms. The molecule has 20 heavy (non-hydrogen) atoms. The summed E-state index contributed by atoms with van der Waals surface area (Å²) in [6, 6.07) is 7.59. The van der Waals surface area contributed by atoms with E-state index in [9.17, 15) is 18.8 Å². The summed E-state index contributed by atoms with van der Waals surface area (Å²) < 4.78 is 13.8. The Labute approximate surface area is 112 Å². The van der Waals surface area contributed by atoms with E-state index in [4.69, 9.17) is 0 Å². The Balaban J connectivity index is 1.95. The van der Waals surface area contributed by atoms with Crippen molar-refractivity contribution in [1.29, 1.82) is 0 Å². The average molecular weight is 277 g/mol. The third-order valence-electron chi connectivity index (χ3n) is 2.58. The molecule has 0 aliphatic rings. The van der Waals surface area contributed by atoms with Gasteiger partial charge in [0.05, 0.1) is 6.54 Å². The number of H-pyrrole nitrogens is 1. The van der Waals surface area contributed by atoms with Crippen LogP contribution in [0.1, 0.15) is 6.42 Å². The van der Waals surface area contributed by atoms with E-state index in [2.05, 4.69) is 10.4 Å². The molecule has 0 spiro atoms. The molecular formula is C13H12FN3O3. The highest BCUT2D eigenvalue weighted by Gasteiger charge is 2.04. The summed E-state index contributed by atoms with van der Waals surface area (Å²) in [5.74, 6) is -0.732. The molecule has 0 atom stereocenters. The summed E-state index contributed by atoms with van der Waals surface area (Å²) in [5.41, 5.74) is -0.340. The van der Waals surface area contributed by atoms with Crippen molar-refractivity contribution in [3.63, 3.8) is 0 Å². The van der Waals surface area contributed by atoms with Gasteiger partial charge in [0, 0.05) is 24.2 Å². The minimum absolute atomic E-state index is 0.0111. The van der Waals surface area contributed by atoms with Crippen LogP contribution in [0.2, 0.25) is 0 Å². The highest BCUT2D eigenvalue weighted by atomic mass is 19.1. The monoisotopic (exact) mass is 277 g/mol. The fraction of sp³-hybridized carbons (Fsp3) is 0.154. The summed E-state index contributed by atoms with van der Waals surface area (Å²) in [6.45, 7) is 0.0575. The van der Waals surface area contributed by atoms with Gasteiger partial charge in [-0.25, -0.2) is 9.07 Å². The number of aryl methyl sites for hydroxylation is 1. The summed E-state index contributed by atoms with van der Waals surface area (Å²) >= 11 is 0. The van der Waals surface area contributed by atoms with Crippen LogP contribution in [0.15, 0.2) is 46.0 Å². The van der Waals surface area contributed by atoms with Crippen LogP contribution in [0.4, 0.5) is 10.1 Å². The van der Waals surface area contributed by atoms with Crippen LogP contribution in [-0.4, -0.2) is 15.7 Å². The third-order valence-corrected chi connectivity index (χ3v) is 2.58. The van der Waals surface area contributed by atoms with Crippen LogP contribution in [0, 0.1) is 5.82 Å². The molecule has 0 unspecified atom stereocenters. The first-order chi connectivity index (χ1) is 9.54. The highest BCUT2D eigenvalue weighted by molar-refractivity contribution is 5.90. The largest absolute Gasteiger partial charge is 0.326 e. The number of benzene rings is 1. The molecule has 1 amide bonds. The number of hydrogen-bond donors (Lipinski definition) is 2. The lowest BCUT2D eigenvalue weighted by Gasteiger charge is -2.06. The van der Waals surface area contributed by atoms with E-state index in [1.807, 2.05) is 0 Å². The lowest BCUT2D eigenvalue weighted by Crippen LogP contribution is -2.29. The maximum absolute atomic E-state index is 12.7. The van der Waals surface area contributed by atoms with Gasteiger partial charge in [-0.15, -0.1) is 0 Å². The number of hydrogen-bond acceptors (Lipinski definition) is 3. The van der Waals surface area contributed by atoms with Crippen molar-refractivity contribution in [1.82, 2.24) is 9.78 Å². The molecule has 2 rings (SSSR count). The van der Waals surface area contributed by atoms with Crippen molar-refractivity contribution in [3.05, 3.63) is 62.9 Å². The van der Waals surface area contributed by atoms with Gasteiger partial charge in [-0.05, 0) is 24.3 Å². The molecule has 0 saturated carbocycles. The van der Waals surface area contributed by atoms with Crippen LogP contribution in [0.3, 0.4) is 0 Å². The maximum atomic E-state index is 12.7. The minimum atomic E-state index is -0.413. The number of aromatic amines is 1. The molecule has 0 fully saturated rings. The smallest absolute Gasteiger partial charge is 0.265 e. The Morgan fingerprint density at radius 3 is 2.55 bits per heavy atom. The van der Waals surface area contributed by atoms with E-state index >= 15 is 0 Å². The summed E-state index contributed by atoms with van der Waals surface area (Å²) in [4.78, 5) is 34.1. The number of halogens is 1. The van der Waals surface area contributed by atoms with Gasteiger partial charge in [0.2, 0.25) is 5.91 Å². The molecule has 0 saturated heterocycles. The minimum Gasteiger partial charge on any atom is -0.326 e. The van der Waals surface area contributed by atoms with Gasteiger partial charge in [-0.3, -0.25) is 19.5 Å². The van der Waals surface area contributed by atoms with Crippen LogP contribution < -0.4 is 16.4 Å². The van der Waals surface area contributed by atoms with Gasteiger partial charge in [0.15, 0.2) is 0 Å². The van der Waals surface area contributed by atoms with Crippen molar-refractivity contribution >= 4 is 11.6 Å². The summed E-state index contributed by atoms with van der Waals surface area (Å²) in [7, 11) is 0. The molecule has 1 aromatic heterocycles. The fourth-order valence-electron chi connectivity index (χ4n) is 1.60. The van der Waals surface area contributed by atoms with Gasteiger partial charge in [0.25, 0.3) is 11.1 Å². The Morgan fingerprint density at radius 1 is 1.15 bits per heavy atom. The lowest BCUT2D eigenvalue weighted by atomic mass is 10.3. The number of carbonyl (C=O) groups is 1. The first-order valence-electron chi connectivity index (χ1n) is 5.90. The second-order valence-electron chi connectivity index (χ2n) is 4.10. The predicted molar refractivity (Wildman–Crippen MR) is 71.0 cm³/mol. The van der Waals surface area contributed by atoms with Gasteiger partial charge in [-0.2, -0.15) is 0 Å². The maximum Gasteiger partial charge on any atom is 0.265 e. The van der Waals surface area contributed by atoms with Gasteiger partial charge in [-0.1, -0.05) is 0 Å². The van der Waals surface area contributed by atoms with E-state index in [1.54, 1.807) is 0 Å². The second-order valence-corrected chi connectivity index (χ2v) is 4.10. The number of aromatic nitrogens is 2. The number of nitrogens with one attached hydrogen (secondary N) is 2. The molecule has 0 aliphatic carbocycles. The average Bonchev–Trinajstić information content (AvgIpc) is 2.42. The third kappa shape index (κ3) is 3.64. The summed E-state index contributed by atoms with van der Waals surface area (Å²) in [6.07, 6.45) is 0.0111. The molecule has 2 N–H and O–H groups in total. The van der Waals surface area contributed by atoms with E-state index < -0.39 is 11.4 Å². The quantitative estimate of drug-likeness (QED) is 0.863. The predicted octanol–water partition coefficient (Wildman–Crippen LogP) is 0.704. The highest BCUT2D eigenvalue weighted by Crippen LogP contribution is 2.08. The van der Waals surface area contributed by atoms with E-state index in [1.165, 1.54) is 24.3 Å². The Kier molecular flexibility index (Phi) is 4.09. The normalized spacial score (nSPS) is 10.2. The van der Waals surface area contributed by atoms with Crippen molar-refractivity contribution in [3.8, 4) is 0 Å². The molecule has 0 radical (unpaired) electrons. The Hall–Kier alpha value is -2.70. The van der Waals surface area contributed by atoms with Gasteiger partial charge in [0.1, 0.15) is 5.82 Å². The van der Waals surface area contributed by atoms with Crippen LogP contribution in [0.5, 0.6) is 0 Å². The topological polar surface area (TPSA) is 84.0 Å². The van der Waals surface area contributed by atoms with Crippen LogP contribution in [-0.2, 0) is 11.3 Å². The SMILES string of the molecule is O=C(CCn1[nH]c(=O)ccc1=O)Nc1ccc(F)cc1. The lowest BCUT2D eigenvalue weighted by molar-refractivity contribution is -0.116. The molecule has 2 aromatic rings. The van der Waals surface area contributed by atoms with E-state index in [0.29, 0.717) is 5.69 Å². The number of amides is 1. The zero-order valence-electron chi connectivity index (χ0n) is 10.4. The molecule has 6 nitrogen and oxygen atoms in total. The summed E-state index contributed by atoms with van der Waals surface area (Å²) in [5, 5.41) is 4.88. The van der Waals surface area contributed by atoms with Crippen molar-refractivity contribution < 1.29 is 9.18 Å². The molecule has 7 heteroatoms. The fourth-order valence-corrected chi connectivity index (χ4v) is 1.60. The van der Waals surface area contributed by atoms with Crippen molar-refractivity contribution in [2.45, 2.75) is 13.0 Å². The molecule has 1 aromatic carbocycles. The molecule has 104 valence electrons. The molecule has 0 aliphatic heterocycles. The standard InChI is InChI=1S/C13H12FN3O3/c14-9-1-3-10(4-2-9)15-11(18)7-8-17-13(20)6-5-12(19)16-17/h1-6H,7-8H2,(H,15,18)(H,16,19). The van der Waals surface area contributed by atoms with Gasteiger partial charge < -0.3 is 5.32 Å². The zero-order chi connectivity index (χ0) is 14.5. The number of nitrogens with zero attached hydrogens (tertiary/aromatic N) is 1. The van der Waals surface area contributed by atoms with Crippen molar-refractivity contribution in [2.24, 2.45) is 0 Å². The Morgan fingerprint density at radius 2 is 1.85 bits per heavy atom. The number of anilines is 1. The van der Waals surface area contributed by atoms with E-state index in [0.717, 1.165) is 16.8 Å². The van der Waals surface area contributed by atoms with Crippen LogP contribution in [0.25, 0.3) is 0 Å². The van der Waals surface area contributed by atoms with Crippen molar-refractivity contribution in [2.75, 3.05) is 5.32 Å². The first kappa shape index (κ1) is 13.7. The molecular weight excluding hydrogens is 265 g/mol.